The summed E-state index contributed by atoms with van der Waals surface area (Å²) < 4.78 is 44.2. The van der Waals surface area contributed by atoms with Crippen molar-refractivity contribution in [1.82, 2.24) is 9.97 Å². The first-order valence-electron chi connectivity index (χ1n) is 10.6. The highest BCUT2D eigenvalue weighted by atomic mass is 32.2. The molecule has 10 nitrogen and oxygen atoms in total. The Morgan fingerprint density at radius 3 is 2.51 bits per heavy atom. The van der Waals surface area contributed by atoms with Gasteiger partial charge in [0, 0.05) is 17.1 Å². The van der Waals surface area contributed by atoms with Crippen molar-refractivity contribution in [1.29, 1.82) is 0 Å². The first-order chi connectivity index (χ1) is 16.9. The van der Waals surface area contributed by atoms with Gasteiger partial charge in [-0.1, -0.05) is 12.1 Å². The van der Waals surface area contributed by atoms with E-state index in [-0.39, 0.29) is 28.6 Å². The number of esters is 1. The van der Waals surface area contributed by atoms with Crippen LogP contribution in [0, 0.1) is 0 Å². The summed E-state index contributed by atoms with van der Waals surface area (Å²) in [5.74, 6) is 0.834. The molecule has 0 aliphatic carbocycles. The number of nitrogens with two attached hydrogens (primary N) is 1. The summed E-state index contributed by atoms with van der Waals surface area (Å²) in [5, 5.41) is 0.719. The van der Waals surface area contributed by atoms with E-state index < -0.39 is 16.0 Å². The van der Waals surface area contributed by atoms with Gasteiger partial charge >= 0.3 is 5.97 Å². The van der Waals surface area contributed by atoms with Crippen molar-refractivity contribution < 1.29 is 27.4 Å². The Balaban J connectivity index is 1.24. The third-order valence-corrected chi connectivity index (χ3v) is 6.59. The fraction of sp³-hybridized carbons (Fsp3) is 0.125. The highest BCUT2D eigenvalue weighted by Gasteiger charge is 2.20. The molecule has 1 aromatic heterocycles. The molecule has 0 saturated carbocycles. The van der Waals surface area contributed by atoms with E-state index in [1.165, 1.54) is 36.4 Å². The minimum Gasteiger partial charge on any atom is -0.486 e. The lowest BCUT2D eigenvalue weighted by Gasteiger charge is -2.19. The topological polar surface area (TPSA) is 143 Å². The van der Waals surface area contributed by atoms with Crippen molar-refractivity contribution in [3.8, 4) is 11.5 Å². The predicted octanol–water partition coefficient (Wildman–Crippen LogP) is 3.14. The molecule has 1 aliphatic rings. The quantitative estimate of drug-likeness (QED) is 0.388. The zero-order valence-electron chi connectivity index (χ0n) is 18.3. The number of nitrogen functional groups attached to an aromatic ring is 1. The lowest BCUT2D eigenvalue weighted by atomic mass is 10.2. The van der Waals surface area contributed by atoms with Crippen molar-refractivity contribution in [2.75, 3.05) is 23.7 Å². The first kappa shape index (κ1) is 22.4. The number of ether oxygens (including phenoxy) is 3. The number of fused-ring (bicyclic) bond motifs is 2. The van der Waals surface area contributed by atoms with Crippen molar-refractivity contribution in [2.45, 2.75) is 11.5 Å². The number of carbonyl (C=O) groups is 1. The lowest BCUT2D eigenvalue weighted by Crippen LogP contribution is -2.17. The molecule has 1 aliphatic heterocycles. The number of para-hydroxylation sites is 1. The van der Waals surface area contributed by atoms with Gasteiger partial charge in [-0.25, -0.2) is 23.2 Å². The molecule has 0 bridgehead atoms. The number of nitrogens with one attached hydrogen (secondary N) is 1. The molecule has 0 amide bonds. The summed E-state index contributed by atoms with van der Waals surface area (Å²) >= 11 is 0. The maximum Gasteiger partial charge on any atom is 0.338 e. The van der Waals surface area contributed by atoms with Crippen molar-refractivity contribution in [2.24, 2.45) is 0 Å². The van der Waals surface area contributed by atoms with Gasteiger partial charge < -0.3 is 19.9 Å². The van der Waals surface area contributed by atoms with Crippen LogP contribution in [-0.2, 0) is 21.4 Å². The lowest BCUT2D eigenvalue weighted by molar-refractivity contribution is 0.0462. The average Bonchev–Trinajstić information content (AvgIpc) is 2.87. The van der Waals surface area contributed by atoms with E-state index in [1.807, 2.05) is 18.2 Å². The van der Waals surface area contributed by atoms with Gasteiger partial charge in [-0.05, 0) is 48.5 Å². The van der Waals surface area contributed by atoms with Crippen LogP contribution in [0.4, 0.5) is 11.5 Å². The molecule has 0 fully saturated rings. The number of benzene rings is 3. The van der Waals surface area contributed by atoms with Crippen LogP contribution in [0.2, 0.25) is 0 Å². The molecule has 4 aromatic rings. The fourth-order valence-corrected chi connectivity index (χ4v) is 4.58. The smallest absolute Gasteiger partial charge is 0.338 e. The minimum absolute atomic E-state index is 0.0277. The number of hydrogen-bond acceptors (Lipinski definition) is 9. The summed E-state index contributed by atoms with van der Waals surface area (Å²) in [6, 6.07) is 17.5. The van der Waals surface area contributed by atoms with Gasteiger partial charge in [-0.3, -0.25) is 4.72 Å². The number of aromatic nitrogens is 2. The third-order valence-electron chi connectivity index (χ3n) is 5.21. The van der Waals surface area contributed by atoms with E-state index in [4.69, 9.17) is 19.9 Å². The van der Waals surface area contributed by atoms with Gasteiger partial charge in [0.15, 0.2) is 23.9 Å². The third kappa shape index (κ3) is 4.80. The van der Waals surface area contributed by atoms with Crippen molar-refractivity contribution in [3.05, 3.63) is 78.1 Å². The van der Waals surface area contributed by atoms with E-state index in [0.29, 0.717) is 36.0 Å². The minimum atomic E-state index is -3.88. The monoisotopic (exact) mass is 492 g/mol. The Hall–Kier alpha value is -4.38. The number of sulfonamides is 1. The van der Waals surface area contributed by atoms with Gasteiger partial charge in [0.25, 0.3) is 10.0 Å². The fourth-order valence-electron chi connectivity index (χ4n) is 3.51. The molecular formula is C24H20N4O6S. The molecule has 0 atom stereocenters. The molecule has 2 heterocycles. The second-order valence-electron chi connectivity index (χ2n) is 7.61. The second-order valence-corrected chi connectivity index (χ2v) is 9.29. The molecule has 0 radical (unpaired) electrons. The SMILES string of the molecule is Nc1nc(COC(=O)c2ccc(NS(=O)(=O)c3ccc4c(c3)OCCO4)cc2)nc2ccccc12. The molecule has 35 heavy (non-hydrogen) atoms. The molecule has 3 N–H and O–H groups in total. The van der Waals surface area contributed by atoms with Gasteiger partial charge in [0.2, 0.25) is 0 Å². The Labute approximate surface area is 200 Å². The molecular weight excluding hydrogens is 472 g/mol. The molecule has 3 aromatic carbocycles. The number of anilines is 2. The predicted molar refractivity (Wildman–Crippen MR) is 128 cm³/mol. The van der Waals surface area contributed by atoms with E-state index in [2.05, 4.69) is 14.7 Å². The number of hydrogen-bond donors (Lipinski definition) is 2. The molecule has 11 heteroatoms. The van der Waals surface area contributed by atoms with Crippen LogP contribution in [-0.4, -0.2) is 37.6 Å². The molecule has 178 valence electrons. The van der Waals surface area contributed by atoms with E-state index >= 15 is 0 Å². The Bertz CT molecular complexity index is 1520. The zero-order valence-corrected chi connectivity index (χ0v) is 19.1. The number of carbonyl (C=O) groups excluding carboxylic acids is 1. The number of rotatable bonds is 6. The highest BCUT2D eigenvalue weighted by molar-refractivity contribution is 7.92. The summed E-state index contributed by atoms with van der Waals surface area (Å²) in [4.78, 5) is 21.0. The Morgan fingerprint density at radius 1 is 0.971 bits per heavy atom. The summed E-state index contributed by atoms with van der Waals surface area (Å²) in [5.41, 5.74) is 7.13. The molecule has 0 unspecified atom stereocenters. The van der Waals surface area contributed by atoms with Crippen LogP contribution in [0.5, 0.6) is 11.5 Å². The highest BCUT2D eigenvalue weighted by Crippen LogP contribution is 2.32. The van der Waals surface area contributed by atoms with Gasteiger partial charge in [0.05, 0.1) is 16.0 Å². The Kier molecular flexibility index (Phi) is 5.83. The standard InChI is InChI=1S/C24H20N4O6S/c25-23-18-3-1-2-4-19(18)26-22(27-23)14-34-24(29)15-5-7-16(8-6-15)28-35(30,31)17-9-10-20-21(13-17)33-12-11-32-20/h1-10,13,28H,11-12,14H2,(H2,25,26,27). The molecule has 0 spiro atoms. The summed E-state index contributed by atoms with van der Waals surface area (Å²) in [6.45, 7) is 0.601. The van der Waals surface area contributed by atoms with Crippen molar-refractivity contribution in [3.63, 3.8) is 0 Å². The maximum atomic E-state index is 12.8. The van der Waals surface area contributed by atoms with Gasteiger partial charge in [0.1, 0.15) is 19.0 Å². The van der Waals surface area contributed by atoms with Crippen molar-refractivity contribution >= 4 is 38.4 Å². The molecule has 0 saturated heterocycles. The van der Waals surface area contributed by atoms with Crippen LogP contribution in [0.3, 0.4) is 0 Å². The maximum absolute atomic E-state index is 12.8. The first-order valence-corrected chi connectivity index (χ1v) is 12.1. The van der Waals surface area contributed by atoms with Crippen LogP contribution in [0.25, 0.3) is 10.9 Å². The second kappa shape index (κ2) is 9.11. The average molecular weight is 493 g/mol. The largest absolute Gasteiger partial charge is 0.486 e. The van der Waals surface area contributed by atoms with E-state index in [1.54, 1.807) is 12.1 Å². The van der Waals surface area contributed by atoms with E-state index in [9.17, 15) is 13.2 Å². The van der Waals surface area contributed by atoms with Gasteiger partial charge in [-0.2, -0.15) is 0 Å². The summed E-state index contributed by atoms with van der Waals surface area (Å²) in [6.07, 6.45) is 0. The zero-order chi connectivity index (χ0) is 24.4. The van der Waals surface area contributed by atoms with Crippen LogP contribution >= 0.6 is 0 Å². The van der Waals surface area contributed by atoms with Crippen LogP contribution in [0.15, 0.2) is 71.6 Å². The molecule has 5 rings (SSSR count). The van der Waals surface area contributed by atoms with Crippen LogP contribution < -0.4 is 19.9 Å². The van der Waals surface area contributed by atoms with Gasteiger partial charge in [-0.15, -0.1) is 0 Å². The normalized spacial score (nSPS) is 12.8. The number of nitrogens with zero attached hydrogens (tertiary/aromatic N) is 2. The van der Waals surface area contributed by atoms with E-state index in [0.717, 1.165) is 5.39 Å². The van der Waals surface area contributed by atoms with Crippen LogP contribution in [0.1, 0.15) is 16.2 Å². The summed E-state index contributed by atoms with van der Waals surface area (Å²) in [7, 11) is -3.88. The Morgan fingerprint density at radius 2 is 1.71 bits per heavy atom.